The van der Waals surface area contributed by atoms with Gasteiger partial charge in [0.25, 0.3) is 5.91 Å². The minimum Gasteiger partial charge on any atom is -0.358 e. The average Bonchev–Trinajstić information content (AvgIpc) is 2.56. The molecule has 76 valence electrons. The lowest BCUT2D eigenvalue weighted by Crippen LogP contribution is -2.31. The Morgan fingerprint density at radius 3 is 3.07 bits per heavy atom. The van der Waals surface area contributed by atoms with Crippen LogP contribution < -0.4 is 5.32 Å². The highest BCUT2D eigenvalue weighted by Gasteiger charge is 2.21. The summed E-state index contributed by atoms with van der Waals surface area (Å²) in [5, 5.41) is 3.87. The average molecular weight is 265 g/mol. The SMILES string of the molecule is O=C1NCCc2[nH]c3cc(Br)ccc3c21. The van der Waals surface area contributed by atoms with E-state index < -0.39 is 0 Å². The Kier molecular flexibility index (Phi) is 1.85. The molecule has 0 fully saturated rings. The van der Waals surface area contributed by atoms with Crippen LogP contribution in [0, 0.1) is 0 Å². The first-order valence-electron chi connectivity index (χ1n) is 4.84. The van der Waals surface area contributed by atoms with Gasteiger partial charge >= 0.3 is 0 Å². The molecule has 1 aromatic carbocycles. The molecule has 4 heteroatoms. The van der Waals surface area contributed by atoms with Crippen molar-refractivity contribution in [1.82, 2.24) is 10.3 Å². The van der Waals surface area contributed by atoms with Crippen LogP contribution in [-0.4, -0.2) is 17.4 Å². The fraction of sp³-hybridized carbons (Fsp3) is 0.182. The molecular weight excluding hydrogens is 256 g/mol. The van der Waals surface area contributed by atoms with Crippen LogP contribution in [0.3, 0.4) is 0 Å². The van der Waals surface area contributed by atoms with Crippen molar-refractivity contribution in [3.8, 4) is 0 Å². The molecule has 2 N–H and O–H groups in total. The Morgan fingerprint density at radius 1 is 1.33 bits per heavy atom. The third-order valence-corrected chi connectivity index (χ3v) is 3.22. The van der Waals surface area contributed by atoms with Gasteiger partial charge in [0.05, 0.1) is 5.56 Å². The summed E-state index contributed by atoms with van der Waals surface area (Å²) < 4.78 is 1.02. The zero-order chi connectivity index (χ0) is 10.4. The molecular formula is C11H9BrN2O. The Morgan fingerprint density at radius 2 is 2.20 bits per heavy atom. The van der Waals surface area contributed by atoms with Crippen molar-refractivity contribution < 1.29 is 4.79 Å². The van der Waals surface area contributed by atoms with Crippen molar-refractivity contribution >= 4 is 32.7 Å². The molecule has 0 bridgehead atoms. The molecule has 3 rings (SSSR count). The highest BCUT2D eigenvalue weighted by atomic mass is 79.9. The normalized spacial score (nSPS) is 15.1. The standard InChI is InChI=1S/C11H9BrN2O/c12-6-1-2-7-9(5-6)14-8-3-4-13-11(15)10(7)8/h1-2,5,14H,3-4H2,(H,13,15). The second-order valence-electron chi connectivity index (χ2n) is 3.67. The van der Waals surface area contributed by atoms with Crippen LogP contribution in [0.15, 0.2) is 22.7 Å². The summed E-state index contributed by atoms with van der Waals surface area (Å²) in [5.74, 6) is 0.0322. The number of aromatic amines is 1. The fourth-order valence-corrected chi connectivity index (χ4v) is 2.42. The molecule has 1 aliphatic rings. The van der Waals surface area contributed by atoms with Gasteiger partial charge in [0.2, 0.25) is 0 Å². The number of benzene rings is 1. The van der Waals surface area contributed by atoms with Gasteiger partial charge in [-0.15, -0.1) is 0 Å². The van der Waals surface area contributed by atoms with Crippen molar-refractivity contribution in [2.75, 3.05) is 6.54 Å². The van der Waals surface area contributed by atoms with E-state index in [2.05, 4.69) is 26.2 Å². The Labute approximate surface area is 95.0 Å². The summed E-state index contributed by atoms with van der Waals surface area (Å²) >= 11 is 3.42. The molecule has 0 radical (unpaired) electrons. The molecule has 2 aromatic rings. The van der Waals surface area contributed by atoms with Crippen LogP contribution in [0.25, 0.3) is 10.9 Å². The van der Waals surface area contributed by atoms with Gasteiger partial charge in [-0.1, -0.05) is 22.0 Å². The molecule has 1 aliphatic heterocycles. The smallest absolute Gasteiger partial charge is 0.253 e. The first-order chi connectivity index (χ1) is 7.25. The van der Waals surface area contributed by atoms with Gasteiger partial charge in [-0.25, -0.2) is 0 Å². The fourth-order valence-electron chi connectivity index (χ4n) is 2.06. The van der Waals surface area contributed by atoms with E-state index in [1.165, 1.54) is 0 Å². The van der Waals surface area contributed by atoms with Crippen LogP contribution >= 0.6 is 15.9 Å². The van der Waals surface area contributed by atoms with Gasteiger partial charge in [0.15, 0.2) is 0 Å². The summed E-state index contributed by atoms with van der Waals surface area (Å²) in [6.45, 7) is 0.722. The molecule has 15 heavy (non-hydrogen) atoms. The van der Waals surface area contributed by atoms with E-state index in [0.29, 0.717) is 0 Å². The molecule has 0 aliphatic carbocycles. The second kappa shape index (κ2) is 3.10. The third-order valence-electron chi connectivity index (χ3n) is 2.73. The molecule has 3 nitrogen and oxygen atoms in total. The van der Waals surface area contributed by atoms with E-state index in [1.54, 1.807) is 0 Å². The highest BCUT2D eigenvalue weighted by molar-refractivity contribution is 9.10. The van der Waals surface area contributed by atoms with E-state index in [-0.39, 0.29) is 5.91 Å². The monoisotopic (exact) mass is 264 g/mol. The number of H-pyrrole nitrogens is 1. The Bertz CT molecular complexity index is 559. The number of hydrogen-bond acceptors (Lipinski definition) is 1. The maximum absolute atomic E-state index is 11.7. The molecule has 2 heterocycles. The number of carbonyl (C=O) groups excluding carboxylic acids is 1. The van der Waals surface area contributed by atoms with Gasteiger partial charge in [-0.3, -0.25) is 4.79 Å². The van der Waals surface area contributed by atoms with E-state index in [9.17, 15) is 4.79 Å². The summed E-state index contributed by atoms with van der Waals surface area (Å²) in [6.07, 6.45) is 0.882. The molecule has 0 atom stereocenters. The summed E-state index contributed by atoms with van der Waals surface area (Å²) in [4.78, 5) is 15.0. The number of rotatable bonds is 0. The second-order valence-corrected chi connectivity index (χ2v) is 4.59. The van der Waals surface area contributed by atoms with Crippen LogP contribution in [0.1, 0.15) is 16.1 Å². The highest BCUT2D eigenvalue weighted by Crippen LogP contribution is 2.27. The van der Waals surface area contributed by atoms with Gasteiger partial charge in [-0.05, 0) is 12.1 Å². The summed E-state index contributed by atoms with van der Waals surface area (Å²) in [7, 11) is 0. The predicted octanol–water partition coefficient (Wildman–Crippen LogP) is 2.22. The largest absolute Gasteiger partial charge is 0.358 e. The van der Waals surface area contributed by atoms with Crippen molar-refractivity contribution in [1.29, 1.82) is 0 Å². The molecule has 0 saturated carbocycles. The topological polar surface area (TPSA) is 44.9 Å². The minimum absolute atomic E-state index is 0.0322. The van der Waals surface area contributed by atoms with Gasteiger partial charge in [0.1, 0.15) is 0 Å². The number of nitrogens with one attached hydrogen (secondary N) is 2. The van der Waals surface area contributed by atoms with E-state index in [1.807, 2.05) is 18.2 Å². The third kappa shape index (κ3) is 1.28. The van der Waals surface area contributed by atoms with Crippen LogP contribution in [-0.2, 0) is 6.42 Å². The first-order valence-corrected chi connectivity index (χ1v) is 5.63. The van der Waals surface area contributed by atoms with Crippen LogP contribution in [0.4, 0.5) is 0 Å². The van der Waals surface area contributed by atoms with Crippen molar-refractivity contribution in [2.24, 2.45) is 0 Å². The number of carbonyl (C=O) groups is 1. The van der Waals surface area contributed by atoms with E-state index in [4.69, 9.17) is 0 Å². The number of hydrogen-bond donors (Lipinski definition) is 2. The van der Waals surface area contributed by atoms with E-state index >= 15 is 0 Å². The van der Waals surface area contributed by atoms with Gasteiger partial charge in [-0.2, -0.15) is 0 Å². The summed E-state index contributed by atoms with van der Waals surface area (Å²) in [5.41, 5.74) is 2.88. The predicted molar refractivity (Wildman–Crippen MR) is 62.0 cm³/mol. The maximum Gasteiger partial charge on any atom is 0.253 e. The van der Waals surface area contributed by atoms with Gasteiger partial charge < -0.3 is 10.3 Å². The van der Waals surface area contributed by atoms with Crippen molar-refractivity contribution in [2.45, 2.75) is 6.42 Å². The summed E-state index contributed by atoms with van der Waals surface area (Å²) in [6, 6.07) is 5.93. The Hall–Kier alpha value is -1.29. The lowest BCUT2D eigenvalue weighted by molar-refractivity contribution is 0.0947. The van der Waals surface area contributed by atoms with Crippen LogP contribution in [0.5, 0.6) is 0 Å². The molecule has 0 unspecified atom stereocenters. The van der Waals surface area contributed by atoms with Crippen LogP contribution in [0.2, 0.25) is 0 Å². The molecule has 0 spiro atoms. The minimum atomic E-state index is 0.0322. The first kappa shape index (κ1) is 8.97. The number of halogens is 1. The lowest BCUT2D eigenvalue weighted by atomic mass is 10.1. The quantitative estimate of drug-likeness (QED) is 0.753. The van der Waals surface area contributed by atoms with E-state index in [0.717, 1.165) is 39.6 Å². The number of fused-ring (bicyclic) bond motifs is 3. The Balaban J connectivity index is 2.36. The zero-order valence-corrected chi connectivity index (χ0v) is 9.52. The number of amides is 1. The van der Waals surface area contributed by atoms with Crippen molar-refractivity contribution in [3.63, 3.8) is 0 Å². The lowest BCUT2D eigenvalue weighted by Gasteiger charge is -2.11. The number of aromatic nitrogens is 1. The maximum atomic E-state index is 11.7. The van der Waals surface area contributed by atoms with Gasteiger partial charge in [0, 0.05) is 34.0 Å². The molecule has 0 saturated heterocycles. The molecule has 1 amide bonds. The molecule has 1 aromatic heterocycles. The zero-order valence-electron chi connectivity index (χ0n) is 7.93. The van der Waals surface area contributed by atoms with Crippen molar-refractivity contribution in [3.05, 3.63) is 33.9 Å².